The molecule has 3 nitrogen and oxygen atoms in total. The first-order valence-electron chi connectivity index (χ1n) is 8.35. The topological polar surface area (TPSA) is 19.4 Å². The largest absolute Gasteiger partial charge is 0.354 e. The van der Waals surface area contributed by atoms with E-state index in [2.05, 4.69) is 57.2 Å². The van der Waals surface area contributed by atoms with E-state index < -0.39 is 0 Å². The molecule has 1 aliphatic heterocycles. The van der Waals surface area contributed by atoms with Crippen LogP contribution < -0.4 is 4.90 Å². The Bertz CT molecular complexity index is 836. The van der Waals surface area contributed by atoms with Gasteiger partial charge >= 0.3 is 0 Å². The van der Waals surface area contributed by atoms with Crippen molar-refractivity contribution in [2.75, 3.05) is 31.1 Å². The molecule has 0 amide bonds. The van der Waals surface area contributed by atoms with Gasteiger partial charge in [-0.05, 0) is 29.1 Å². The fraction of sp³-hybridized carbons (Fsp3) is 0.250. The van der Waals surface area contributed by atoms with Crippen LogP contribution in [-0.2, 0) is 6.54 Å². The summed E-state index contributed by atoms with van der Waals surface area (Å²) in [5.74, 6) is 1.11. The Morgan fingerprint density at radius 2 is 1.75 bits per heavy atom. The monoisotopic (exact) mass is 337 g/mol. The zero-order chi connectivity index (χ0) is 16.4. The summed E-state index contributed by atoms with van der Waals surface area (Å²) in [6.07, 6.45) is 1.91. The molecular formula is C20H20ClN3. The Kier molecular flexibility index (Phi) is 4.37. The lowest BCUT2D eigenvalue weighted by Crippen LogP contribution is -2.46. The standard InChI is InChI=1S/C20H20ClN3/c21-18-6-3-4-16(14-18)15-23-10-12-24(13-11-23)20-19-7-2-1-5-17(19)8-9-22-20/h1-9,14H,10-13,15H2. The van der Waals surface area contributed by atoms with E-state index in [4.69, 9.17) is 11.6 Å². The number of aromatic nitrogens is 1. The summed E-state index contributed by atoms with van der Waals surface area (Å²) in [6, 6.07) is 18.7. The van der Waals surface area contributed by atoms with Crippen LogP contribution in [0.15, 0.2) is 60.8 Å². The third-order valence-electron chi connectivity index (χ3n) is 4.62. The zero-order valence-corrected chi connectivity index (χ0v) is 14.3. The molecule has 0 radical (unpaired) electrons. The SMILES string of the molecule is Clc1cccc(CN2CCN(c3nccc4ccccc34)CC2)c1. The summed E-state index contributed by atoms with van der Waals surface area (Å²) in [7, 11) is 0. The van der Waals surface area contributed by atoms with Gasteiger partial charge in [-0.1, -0.05) is 48.0 Å². The van der Waals surface area contributed by atoms with E-state index in [0.29, 0.717) is 0 Å². The van der Waals surface area contributed by atoms with Crippen molar-refractivity contribution in [3.8, 4) is 0 Å². The maximum Gasteiger partial charge on any atom is 0.136 e. The number of nitrogens with zero attached hydrogens (tertiary/aromatic N) is 3. The molecule has 2 heterocycles. The van der Waals surface area contributed by atoms with Gasteiger partial charge in [0.15, 0.2) is 0 Å². The summed E-state index contributed by atoms with van der Waals surface area (Å²) in [5.41, 5.74) is 1.28. The summed E-state index contributed by atoms with van der Waals surface area (Å²) in [6.45, 7) is 5.04. The summed E-state index contributed by atoms with van der Waals surface area (Å²) in [5, 5.41) is 3.30. The van der Waals surface area contributed by atoms with E-state index in [1.807, 2.05) is 18.3 Å². The lowest BCUT2D eigenvalue weighted by molar-refractivity contribution is 0.249. The molecule has 4 heteroatoms. The predicted molar refractivity (Wildman–Crippen MR) is 101 cm³/mol. The minimum atomic E-state index is 0.811. The smallest absolute Gasteiger partial charge is 0.136 e. The van der Waals surface area contributed by atoms with Crippen molar-refractivity contribution in [1.29, 1.82) is 0 Å². The van der Waals surface area contributed by atoms with Crippen LogP contribution in [0.1, 0.15) is 5.56 Å². The number of pyridine rings is 1. The zero-order valence-electron chi connectivity index (χ0n) is 13.5. The molecule has 0 aliphatic carbocycles. The van der Waals surface area contributed by atoms with Crippen molar-refractivity contribution in [3.05, 3.63) is 71.4 Å². The van der Waals surface area contributed by atoms with Crippen LogP contribution in [0.5, 0.6) is 0 Å². The van der Waals surface area contributed by atoms with Crippen molar-refractivity contribution < 1.29 is 0 Å². The number of fused-ring (bicyclic) bond motifs is 1. The molecular weight excluding hydrogens is 318 g/mol. The third-order valence-corrected chi connectivity index (χ3v) is 4.85. The molecule has 3 aromatic rings. The average Bonchev–Trinajstić information content (AvgIpc) is 2.62. The predicted octanol–water partition coefficient (Wildman–Crippen LogP) is 4.21. The first-order chi connectivity index (χ1) is 11.8. The minimum absolute atomic E-state index is 0.811. The second-order valence-corrected chi connectivity index (χ2v) is 6.69. The lowest BCUT2D eigenvalue weighted by atomic mass is 10.1. The number of benzene rings is 2. The van der Waals surface area contributed by atoms with Gasteiger partial charge in [0, 0.05) is 49.3 Å². The van der Waals surface area contributed by atoms with Gasteiger partial charge in [0.05, 0.1) is 0 Å². The summed E-state index contributed by atoms with van der Waals surface area (Å²) < 4.78 is 0. The highest BCUT2D eigenvalue weighted by Gasteiger charge is 2.19. The first kappa shape index (κ1) is 15.4. The fourth-order valence-electron chi connectivity index (χ4n) is 3.37. The Morgan fingerprint density at radius 3 is 2.58 bits per heavy atom. The summed E-state index contributed by atoms with van der Waals surface area (Å²) in [4.78, 5) is 9.52. The molecule has 0 bridgehead atoms. The molecule has 1 aromatic heterocycles. The lowest BCUT2D eigenvalue weighted by Gasteiger charge is -2.35. The first-order valence-corrected chi connectivity index (χ1v) is 8.73. The fourth-order valence-corrected chi connectivity index (χ4v) is 3.58. The number of hydrogen-bond acceptors (Lipinski definition) is 3. The molecule has 0 spiro atoms. The normalized spacial score (nSPS) is 15.8. The van der Waals surface area contributed by atoms with Crippen LogP contribution in [0, 0.1) is 0 Å². The van der Waals surface area contributed by atoms with Crippen LogP contribution in [-0.4, -0.2) is 36.1 Å². The van der Waals surface area contributed by atoms with E-state index >= 15 is 0 Å². The van der Waals surface area contributed by atoms with Crippen molar-refractivity contribution in [2.45, 2.75) is 6.54 Å². The van der Waals surface area contributed by atoms with Gasteiger partial charge in [0.2, 0.25) is 0 Å². The van der Waals surface area contributed by atoms with Crippen LogP contribution in [0.2, 0.25) is 5.02 Å². The van der Waals surface area contributed by atoms with Gasteiger partial charge in [-0.25, -0.2) is 4.98 Å². The highest BCUT2D eigenvalue weighted by molar-refractivity contribution is 6.30. The molecule has 0 N–H and O–H groups in total. The van der Waals surface area contributed by atoms with Crippen LogP contribution >= 0.6 is 11.6 Å². The Hall–Kier alpha value is -2.10. The van der Waals surface area contributed by atoms with Crippen LogP contribution in [0.25, 0.3) is 10.8 Å². The van der Waals surface area contributed by atoms with Gasteiger partial charge in [0.1, 0.15) is 5.82 Å². The van der Waals surface area contributed by atoms with E-state index in [0.717, 1.165) is 43.6 Å². The van der Waals surface area contributed by atoms with Crippen molar-refractivity contribution in [3.63, 3.8) is 0 Å². The molecule has 2 aromatic carbocycles. The van der Waals surface area contributed by atoms with Crippen molar-refractivity contribution in [1.82, 2.24) is 9.88 Å². The Morgan fingerprint density at radius 1 is 0.917 bits per heavy atom. The number of hydrogen-bond donors (Lipinski definition) is 0. The van der Waals surface area contributed by atoms with Gasteiger partial charge in [-0.2, -0.15) is 0 Å². The molecule has 0 atom stereocenters. The minimum Gasteiger partial charge on any atom is -0.354 e. The quantitative estimate of drug-likeness (QED) is 0.713. The number of halogens is 1. The molecule has 1 fully saturated rings. The van der Waals surface area contributed by atoms with Crippen molar-refractivity contribution >= 4 is 28.2 Å². The second kappa shape index (κ2) is 6.80. The molecule has 0 unspecified atom stereocenters. The van der Waals surface area contributed by atoms with E-state index in [1.165, 1.54) is 16.3 Å². The number of anilines is 1. The molecule has 24 heavy (non-hydrogen) atoms. The third kappa shape index (κ3) is 3.23. The van der Waals surface area contributed by atoms with E-state index in [9.17, 15) is 0 Å². The second-order valence-electron chi connectivity index (χ2n) is 6.25. The van der Waals surface area contributed by atoms with Gasteiger partial charge in [-0.3, -0.25) is 4.90 Å². The van der Waals surface area contributed by atoms with Gasteiger partial charge < -0.3 is 4.90 Å². The average molecular weight is 338 g/mol. The van der Waals surface area contributed by atoms with Crippen LogP contribution in [0.4, 0.5) is 5.82 Å². The molecule has 1 saturated heterocycles. The Balaban J connectivity index is 1.46. The van der Waals surface area contributed by atoms with Crippen LogP contribution in [0.3, 0.4) is 0 Å². The Labute approximate surface area is 147 Å². The number of rotatable bonds is 3. The highest BCUT2D eigenvalue weighted by atomic mass is 35.5. The molecule has 4 rings (SSSR count). The maximum atomic E-state index is 6.09. The van der Waals surface area contributed by atoms with Crippen molar-refractivity contribution in [2.24, 2.45) is 0 Å². The highest BCUT2D eigenvalue weighted by Crippen LogP contribution is 2.25. The van der Waals surface area contributed by atoms with E-state index in [1.54, 1.807) is 0 Å². The maximum absolute atomic E-state index is 6.09. The van der Waals surface area contributed by atoms with Gasteiger partial charge in [-0.15, -0.1) is 0 Å². The number of piperazine rings is 1. The van der Waals surface area contributed by atoms with E-state index in [-0.39, 0.29) is 0 Å². The summed E-state index contributed by atoms with van der Waals surface area (Å²) >= 11 is 6.09. The molecule has 0 saturated carbocycles. The molecule has 1 aliphatic rings. The molecule has 122 valence electrons. The van der Waals surface area contributed by atoms with Gasteiger partial charge in [0.25, 0.3) is 0 Å².